The summed E-state index contributed by atoms with van der Waals surface area (Å²) in [4.78, 5) is 32.3. The smallest absolute Gasteiger partial charge is 0.259 e. The number of aromatic nitrogens is 4. The van der Waals surface area contributed by atoms with Gasteiger partial charge in [0.2, 0.25) is 0 Å². The van der Waals surface area contributed by atoms with Crippen molar-refractivity contribution in [3.8, 4) is 11.4 Å². The van der Waals surface area contributed by atoms with Crippen molar-refractivity contribution in [2.24, 2.45) is 0 Å². The summed E-state index contributed by atoms with van der Waals surface area (Å²) in [6.45, 7) is 0. The molecule has 0 aliphatic carbocycles. The number of fused-ring (bicyclic) bond motifs is 2. The van der Waals surface area contributed by atoms with Gasteiger partial charge in [-0.15, -0.1) is 0 Å². The van der Waals surface area contributed by atoms with Crippen LogP contribution in [0.4, 0.5) is 0 Å². The van der Waals surface area contributed by atoms with Gasteiger partial charge in [-0.3, -0.25) is 14.2 Å². The summed E-state index contributed by atoms with van der Waals surface area (Å²) < 4.78 is 8.82. The van der Waals surface area contributed by atoms with Crippen LogP contribution < -0.4 is 10.3 Å². The Balaban J connectivity index is 1.49. The van der Waals surface area contributed by atoms with Gasteiger partial charge in [0.15, 0.2) is 0 Å². The molecule has 2 fully saturated rings. The number of methoxy groups -OCH3 is 1. The first-order valence-corrected chi connectivity index (χ1v) is 10.2. The molecular formula is C22H23N5O3. The van der Waals surface area contributed by atoms with Gasteiger partial charge in [0, 0.05) is 30.0 Å². The molecule has 154 valence electrons. The Bertz CT molecular complexity index is 1100. The molecule has 2 bridgehead atoms. The number of piperidine rings is 1. The first kappa shape index (κ1) is 18.6. The molecule has 2 saturated heterocycles. The zero-order chi connectivity index (χ0) is 20.7. The van der Waals surface area contributed by atoms with Crippen molar-refractivity contribution >= 4 is 5.91 Å². The summed E-state index contributed by atoms with van der Waals surface area (Å²) in [6, 6.07) is 11.2. The van der Waals surface area contributed by atoms with Gasteiger partial charge in [-0.2, -0.15) is 5.10 Å². The number of carbonyl (C=O) groups excluding carboxylic acids is 1. The molecule has 4 heterocycles. The van der Waals surface area contributed by atoms with Crippen molar-refractivity contribution in [2.75, 3.05) is 7.11 Å². The molecule has 0 saturated carbocycles. The summed E-state index contributed by atoms with van der Waals surface area (Å²) in [7, 11) is 1.49. The number of ether oxygens (including phenoxy) is 1. The number of benzene rings is 1. The van der Waals surface area contributed by atoms with Crippen molar-refractivity contribution in [3.05, 3.63) is 71.2 Å². The molecule has 2 aliphatic heterocycles. The van der Waals surface area contributed by atoms with Gasteiger partial charge in [0.05, 0.1) is 18.7 Å². The first-order chi connectivity index (χ1) is 14.7. The summed E-state index contributed by atoms with van der Waals surface area (Å²) in [5.74, 6) is 0.232. The van der Waals surface area contributed by atoms with Crippen LogP contribution in [0.15, 0.2) is 60.0 Å². The van der Waals surface area contributed by atoms with Crippen molar-refractivity contribution in [1.29, 1.82) is 0 Å². The highest BCUT2D eigenvalue weighted by molar-refractivity contribution is 5.97. The Morgan fingerprint density at radius 2 is 1.83 bits per heavy atom. The van der Waals surface area contributed by atoms with E-state index < -0.39 is 0 Å². The molecule has 1 amide bonds. The summed E-state index contributed by atoms with van der Waals surface area (Å²) >= 11 is 0. The van der Waals surface area contributed by atoms with Crippen LogP contribution in [0.3, 0.4) is 0 Å². The summed E-state index contributed by atoms with van der Waals surface area (Å²) in [5, 5.41) is 4.29. The summed E-state index contributed by atoms with van der Waals surface area (Å²) in [6.07, 6.45) is 8.57. The normalized spacial score (nSPS) is 22.8. The van der Waals surface area contributed by atoms with E-state index in [0.29, 0.717) is 17.0 Å². The maximum atomic E-state index is 13.6. The molecule has 2 atom stereocenters. The minimum absolute atomic E-state index is 0.0823. The summed E-state index contributed by atoms with van der Waals surface area (Å²) in [5.41, 5.74) is 0.895. The average molecular weight is 405 g/mol. The molecule has 3 aromatic rings. The van der Waals surface area contributed by atoms with E-state index in [0.717, 1.165) is 25.7 Å². The van der Waals surface area contributed by atoms with E-state index in [1.807, 2.05) is 39.9 Å². The van der Waals surface area contributed by atoms with E-state index in [-0.39, 0.29) is 29.6 Å². The first-order valence-electron chi connectivity index (χ1n) is 10.2. The van der Waals surface area contributed by atoms with Crippen molar-refractivity contribution in [2.45, 2.75) is 43.8 Å². The molecule has 1 aromatic carbocycles. The second-order valence-corrected chi connectivity index (χ2v) is 7.90. The van der Waals surface area contributed by atoms with Crippen LogP contribution in [0.25, 0.3) is 5.69 Å². The average Bonchev–Trinajstić information content (AvgIpc) is 3.40. The number of amides is 1. The van der Waals surface area contributed by atoms with Crippen LogP contribution in [0.5, 0.6) is 5.75 Å². The number of nitrogens with zero attached hydrogens (tertiary/aromatic N) is 5. The SMILES string of the molecule is COc1cc(=O)n(-c2ccccc2)cc1C(=O)N1C2CCC1CC(n1cncn1)C2. The number of carbonyl (C=O) groups is 1. The second-order valence-electron chi connectivity index (χ2n) is 7.90. The number of rotatable bonds is 4. The largest absolute Gasteiger partial charge is 0.496 e. The lowest BCUT2D eigenvalue weighted by atomic mass is 9.96. The number of para-hydroxylation sites is 1. The monoisotopic (exact) mass is 405 g/mol. The third kappa shape index (κ3) is 3.08. The van der Waals surface area contributed by atoms with Crippen LogP contribution in [0.1, 0.15) is 42.1 Å². The van der Waals surface area contributed by atoms with Gasteiger partial charge in [-0.05, 0) is 37.8 Å². The Morgan fingerprint density at radius 1 is 1.10 bits per heavy atom. The van der Waals surface area contributed by atoms with Crippen LogP contribution >= 0.6 is 0 Å². The molecule has 0 spiro atoms. The molecule has 30 heavy (non-hydrogen) atoms. The quantitative estimate of drug-likeness (QED) is 0.666. The van der Waals surface area contributed by atoms with Gasteiger partial charge in [-0.1, -0.05) is 18.2 Å². The number of hydrogen-bond acceptors (Lipinski definition) is 5. The van der Waals surface area contributed by atoms with Crippen molar-refractivity contribution < 1.29 is 9.53 Å². The number of pyridine rings is 1. The maximum absolute atomic E-state index is 13.6. The lowest BCUT2D eigenvalue weighted by Gasteiger charge is -2.39. The van der Waals surface area contributed by atoms with E-state index in [2.05, 4.69) is 10.1 Å². The fourth-order valence-electron chi connectivity index (χ4n) is 4.88. The van der Waals surface area contributed by atoms with Gasteiger partial charge in [0.1, 0.15) is 18.4 Å². The van der Waals surface area contributed by atoms with Crippen LogP contribution in [-0.4, -0.2) is 49.3 Å². The molecule has 5 rings (SSSR count). The van der Waals surface area contributed by atoms with E-state index in [9.17, 15) is 9.59 Å². The van der Waals surface area contributed by atoms with E-state index in [1.54, 1.807) is 18.9 Å². The molecule has 0 radical (unpaired) electrons. The third-order valence-corrected chi connectivity index (χ3v) is 6.25. The van der Waals surface area contributed by atoms with Gasteiger partial charge >= 0.3 is 0 Å². The Labute approximate surface area is 173 Å². The Hall–Kier alpha value is -3.42. The van der Waals surface area contributed by atoms with Gasteiger partial charge < -0.3 is 9.64 Å². The van der Waals surface area contributed by atoms with Crippen molar-refractivity contribution in [3.63, 3.8) is 0 Å². The highest BCUT2D eigenvalue weighted by Crippen LogP contribution is 2.41. The van der Waals surface area contributed by atoms with Crippen LogP contribution in [0.2, 0.25) is 0 Å². The predicted octanol–water partition coefficient (Wildman–Crippen LogP) is 2.45. The Morgan fingerprint density at radius 3 is 2.47 bits per heavy atom. The fraction of sp³-hybridized carbons (Fsp3) is 0.364. The number of hydrogen-bond donors (Lipinski definition) is 0. The van der Waals surface area contributed by atoms with E-state index in [4.69, 9.17) is 4.74 Å². The minimum atomic E-state index is -0.234. The molecular weight excluding hydrogens is 382 g/mol. The van der Waals surface area contributed by atoms with Gasteiger partial charge in [0.25, 0.3) is 11.5 Å². The lowest BCUT2D eigenvalue weighted by Crippen LogP contribution is -2.47. The Kier molecular flexibility index (Phi) is 4.61. The topological polar surface area (TPSA) is 82.2 Å². The van der Waals surface area contributed by atoms with Gasteiger partial charge in [-0.25, -0.2) is 9.67 Å². The van der Waals surface area contributed by atoms with Crippen LogP contribution in [0, 0.1) is 0 Å². The maximum Gasteiger partial charge on any atom is 0.259 e. The van der Waals surface area contributed by atoms with E-state index in [1.165, 1.54) is 17.7 Å². The molecule has 0 N–H and O–H groups in total. The van der Waals surface area contributed by atoms with Crippen molar-refractivity contribution in [1.82, 2.24) is 24.2 Å². The standard InChI is InChI=1S/C22H23N5O3/c1-30-20-11-21(28)25(15-5-3-2-4-6-15)12-19(20)22(29)27-16-7-8-17(27)10-18(9-16)26-14-23-13-24-26/h2-6,11-14,16-18H,7-10H2,1H3. The van der Waals surface area contributed by atoms with E-state index >= 15 is 0 Å². The molecule has 8 nitrogen and oxygen atoms in total. The highest BCUT2D eigenvalue weighted by Gasteiger charge is 2.44. The molecule has 8 heteroatoms. The predicted molar refractivity (Wildman–Crippen MR) is 110 cm³/mol. The minimum Gasteiger partial charge on any atom is -0.496 e. The highest BCUT2D eigenvalue weighted by atomic mass is 16.5. The molecule has 2 aromatic heterocycles. The van der Waals surface area contributed by atoms with Crippen LogP contribution in [-0.2, 0) is 0 Å². The third-order valence-electron chi connectivity index (χ3n) is 6.25. The fourth-order valence-corrected chi connectivity index (χ4v) is 4.88. The zero-order valence-electron chi connectivity index (χ0n) is 16.7. The molecule has 2 aliphatic rings. The molecule has 2 unspecified atom stereocenters. The zero-order valence-corrected chi connectivity index (χ0v) is 16.7. The second kappa shape index (κ2) is 7.44. The lowest BCUT2D eigenvalue weighted by molar-refractivity contribution is 0.0520.